The van der Waals surface area contributed by atoms with Gasteiger partial charge in [-0.25, -0.2) is 9.97 Å². The molecule has 90 valence electrons. The summed E-state index contributed by atoms with van der Waals surface area (Å²) in [6, 6.07) is 2.01. The van der Waals surface area contributed by atoms with E-state index in [0.717, 1.165) is 42.0 Å². The third-order valence-electron chi connectivity index (χ3n) is 1.91. The van der Waals surface area contributed by atoms with Crippen LogP contribution in [0.4, 0.5) is 5.95 Å². The minimum Gasteiger partial charge on any atom is -0.385 e. The zero-order valence-corrected chi connectivity index (χ0v) is 10.9. The van der Waals surface area contributed by atoms with Crippen LogP contribution in [0.25, 0.3) is 0 Å². The highest BCUT2D eigenvalue weighted by Gasteiger charge is 2.01. The van der Waals surface area contributed by atoms with Crippen LogP contribution in [-0.4, -0.2) is 36.0 Å². The SMILES string of the molecule is CCNc1nc(C)cc(SCCCOC)n1. The summed E-state index contributed by atoms with van der Waals surface area (Å²) in [5.74, 6) is 1.74. The summed E-state index contributed by atoms with van der Waals surface area (Å²) in [7, 11) is 1.72. The number of aryl methyl sites for hydroxylation is 1. The molecule has 0 saturated heterocycles. The highest BCUT2D eigenvalue weighted by atomic mass is 32.2. The largest absolute Gasteiger partial charge is 0.385 e. The van der Waals surface area contributed by atoms with Crippen LogP contribution in [0.15, 0.2) is 11.1 Å². The van der Waals surface area contributed by atoms with Crippen molar-refractivity contribution in [1.82, 2.24) is 9.97 Å². The maximum Gasteiger partial charge on any atom is 0.223 e. The summed E-state index contributed by atoms with van der Waals surface area (Å²) in [5.41, 5.74) is 1.00. The Bertz CT molecular complexity index is 320. The Hall–Kier alpha value is -0.810. The number of hydrogen-bond acceptors (Lipinski definition) is 5. The summed E-state index contributed by atoms with van der Waals surface area (Å²) in [5, 5.41) is 4.16. The van der Waals surface area contributed by atoms with Crippen LogP contribution in [0.3, 0.4) is 0 Å². The van der Waals surface area contributed by atoms with Gasteiger partial charge in [0.05, 0.1) is 0 Å². The lowest BCUT2D eigenvalue weighted by molar-refractivity contribution is 0.200. The molecule has 0 fully saturated rings. The first-order valence-electron chi connectivity index (χ1n) is 5.47. The first-order chi connectivity index (χ1) is 7.76. The van der Waals surface area contributed by atoms with Gasteiger partial charge in [-0.1, -0.05) is 0 Å². The minimum atomic E-state index is 0.719. The van der Waals surface area contributed by atoms with Crippen molar-refractivity contribution < 1.29 is 4.74 Å². The van der Waals surface area contributed by atoms with Crippen molar-refractivity contribution in [3.05, 3.63) is 11.8 Å². The fourth-order valence-corrected chi connectivity index (χ4v) is 2.11. The molecule has 0 amide bonds. The molecule has 0 saturated carbocycles. The van der Waals surface area contributed by atoms with Gasteiger partial charge in [0.25, 0.3) is 0 Å². The molecule has 16 heavy (non-hydrogen) atoms. The van der Waals surface area contributed by atoms with Gasteiger partial charge in [-0.15, -0.1) is 11.8 Å². The summed E-state index contributed by atoms with van der Waals surface area (Å²) in [4.78, 5) is 8.73. The molecule has 0 aliphatic heterocycles. The molecule has 1 heterocycles. The number of methoxy groups -OCH3 is 1. The van der Waals surface area contributed by atoms with Gasteiger partial charge >= 0.3 is 0 Å². The molecule has 0 aliphatic rings. The van der Waals surface area contributed by atoms with Crippen molar-refractivity contribution in [2.45, 2.75) is 25.3 Å². The Morgan fingerprint density at radius 1 is 1.44 bits per heavy atom. The van der Waals surface area contributed by atoms with Crippen molar-refractivity contribution in [2.24, 2.45) is 0 Å². The molecule has 0 radical (unpaired) electrons. The molecular formula is C11H19N3OS. The number of rotatable bonds is 7. The normalized spacial score (nSPS) is 10.4. The Morgan fingerprint density at radius 2 is 2.25 bits per heavy atom. The van der Waals surface area contributed by atoms with E-state index in [1.807, 2.05) is 19.9 Å². The van der Waals surface area contributed by atoms with Crippen LogP contribution in [0, 0.1) is 6.92 Å². The third-order valence-corrected chi connectivity index (χ3v) is 2.91. The average Bonchev–Trinajstić information content (AvgIpc) is 2.24. The van der Waals surface area contributed by atoms with Gasteiger partial charge in [-0.3, -0.25) is 0 Å². The lowest BCUT2D eigenvalue weighted by Crippen LogP contribution is -2.03. The minimum absolute atomic E-state index is 0.719. The number of nitrogens with one attached hydrogen (secondary N) is 1. The molecule has 1 N–H and O–H groups in total. The first-order valence-corrected chi connectivity index (χ1v) is 6.46. The zero-order chi connectivity index (χ0) is 11.8. The number of ether oxygens (including phenoxy) is 1. The van der Waals surface area contributed by atoms with Crippen LogP contribution in [-0.2, 0) is 4.74 Å². The Kier molecular flexibility index (Phi) is 6.18. The van der Waals surface area contributed by atoms with E-state index in [1.54, 1.807) is 18.9 Å². The molecule has 0 aliphatic carbocycles. The maximum absolute atomic E-state index is 5.01. The molecule has 0 atom stereocenters. The van der Waals surface area contributed by atoms with Crippen molar-refractivity contribution in [2.75, 3.05) is 31.3 Å². The maximum atomic E-state index is 5.01. The molecule has 0 bridgehead atoms. The van der Waals surface area contributed by atoms with Crippen molar-refractivity contribution in [1.29, 1.82) is 0 Å². The van der Waals surface area contributed by atoms with E-state index in [0.29, 0.717) is 0 Å². The second-order valence-electron chi connectivity index (χ2n) is 3.40. The molecule has 1 rings (SSSR count). The van der Waals surface area contributed by atoms with Crippen LogP contribution in [0.2, 0.25) is 0 Å². The Morgan fingerprint density at radius 3 is 2.94 bits per heavy atom. The van der Waals surface area contributed by atoms with E-state index >= 15 is 0 Å². The van der Waals surface area contributed by atoms with E-state index in [9.17, 15) is 0 Å². The summed E-state index contributed by atoms with van der Waals surface area (Å²) in [6.45, 7) is 5.67. The smallest absolute Gasteiger partial charge is 0.223 e. The third kappa shape index (κ3) is 4.81. The summed E-state index contributed by atoms with van der Waals surface area (Å²) < 4.78 is 5.01. The second-order valence-corrected chi connectivity index (χ2v) is 4.51. The fraction of sp³-hybridized carbons (Fsp3) is 0.636. The number of thioether (sulfide) groups is 1. The van der Waals surface area contributed by atoms with Gasteiger partial charge in [0.2, 0.25) is 5.95 Å². The highest BCUT2D eigenvalue weighted by Crippen LogP contribution is 2.18. The van der Waals surface area contributed by atoms with Crippen LogP contribution in [0.1, 0.15) is 19.0 Å². The van der Waals surface area contributed by atoms with E-state index in [1.165, 1.54) is 0 Å². The number of nitrogens with zero attached hydrogens (tertiary/aromatic N) is 2. The molecule has 1 aromatic heterocycles. The Balaban J connectivity index is 2.51. The summed E-state index contributed by atoms with van der Waals surface area (Å²) in [6.07, 6.45) is 1.04. The molecule has 0 unspecified atom stereocenters. The van der Waals surface area contributed by atoms with E-state index in [2.05, 4.69) is 15.3 Å². The highest BCUT2D eigenvalue weighted by molar-refractivity contribution is 7.99. The van der Waals surface area contributed by atoms with Gasteiger partial charge in [0.1, 0.15) is 5.03 Å². The van der Waals surface area contributed by atoms with Gasteiger partial charge in [0, 0.05) is 31.7 Å². The monoisotopic (exact) mass is 241 g/mol. The van der Waals surface area contributed by atoms with Crippen LogP contribution < -0.4 is 5.32 Å². The molecule has 5 heteroatoms. The fourth-order valence-electron chi connectivity index (χ4n) is 1.23. The molecule has 1 aromatic rings. The van der Waals surface area contributed by atoms with Crippen molar-refractivity contribution in [3.8, 4) is 0 Å². The lowest BCUT2D eigenvalue weighted by Gasteiger charge is -2.06. The van der Waals surface area contributed by atoms with E-state index < -0.39 is 0 Å². The van der Waals surface area contributed by atoms with Gasteiger partial charge in [0.15, 0.2) is 0 Å². The van der Waals surface area contributed by atoms with Gasteiger partial charge in [-0.2, -0.15) is 0 Å². The average molecular weight is 241 g/mol. The number of aromatic nitrogens is 2. The molecular weight excluding hydrogens is 222 g/mol. The van der Waals surface area contributed by atoms with E-state index in [4.69, 9.17) is 4.74 Å². The zero-order valence-electron chi connectivity index (χ0n) is 10.1. The number of anilines is 1. The second kappa shape index (κ2) is 7.46. The molecule has 4 nitrogen and oxygen atoms in total. The van der Waals surface area contributed by atoms with E-state index in [-0.39, 0.29) is 0 Å². The van der Waals surface area contributed by atoms with Crippen molar-refractivity contribution >= 4 is 17.7 Å². The molecule has 0 aromatic carbocycles. The Labute approximate surface area is 101 Å². The first kappa shape index (κ1) is 13.3. The lowest BCUT2D eigenvalue weighted by atomic mass is 10.5. The molecule has 0 spiro atoms. The quantitative estimate of drug-likeness (QED) is 0.451. The topological polar surface area (TPSA) is 47.0 Å². The van der Waals surface area contributed by atoms with Gasteiger partial charge < -0.3 is 10.1 Å². The van der Waals surface area contributed by atoms with Crippen LogP contribution >= 0.6 is 11.8 Å². The predicted molar refractivity (Wildman–Crippen MR) is 68.1 cm³/mol. The predicted octanol–water partition coefficient (Wildman–Crippen LogP) is 2.35. The summed E-state index contributed by atoms with van der Waals surface area (Å²) >= 11 is 1.74. The number of hydrogen-bond donors (Lipinski definition) is 1. The van der Waals surface area contributed by atoms with Crippen LogP contribution in [0.5, 0.6) is 0 Å². The van der Waals surface area contributed by atoms with Crippen molar-refractivity contribution in [3.63, 3.8) is 0 Å². The van der Waals surface area contributed by atoms with Gasteiger partial charge in [-0.05, 0) is 26.3 Å². The standard InChI is InChI=1S/C11H19N3OS/c1-4-12-11-13-9(2)8-10(14-11)16-7-5-6-15-3/h8H,4-7H2,1-3H3,(H,12,13,14).